The van der Waals surface area contributed by atoms with Crippen molar-refractivity contribution >= 4 is 23.5 Å². The maximum Gasteiger partial charge on any atom is 0.325 e. The number of methoxy groups -OCH3 is 1. The topological polar surface area (TPSA) is 93.7 Å². The number of ether oxygens (including phenoxy) is 2. The average Bonchev–Trinajstić information content (AvgIpc) is 2.70. The molecule has 0 saturated heterocycles. The first-order valence-electron chi connectivity index (χ1n) is 8.49. The van der Waals surface area contributed by atoms with Crippen LogP contribution >= 0.6 is 0 Å². The molecule has 0 aliphatic rings. The number of hydrogen-bond acceptors (Lipinski definition) is 5. The summed E-state index contributed by atoms with van der Waals surface area (Å²) in [5, 5.41) is 5.14. The number of aryl methyl sites for hydroxylation is 1. The number of nitrogens with one attached hydrogen (secondary N) is 2. The van der Waals surface area contributed by atoms with E-state index in [9.17, 15) is 14.4 Å². The standard InChI is InChI=1S/C20H22N2O5/c1-3-14-8-4-6-10-16(14)22-18(23)13-27-19(24)12-21-20(25)15-9-5-7-11-17(15)26-2/h4-11H,3,12-13H2,1-2H3,(H,21,25)(H,22,23). The van der Waals surface area contributed by atoms with E-state index in [1.165, 1.54) is 7.11 Å². The predicted octanol–water partition coefficient (Wildman–Crippen LogP) is 2.17. The lowest BCUT2D eigenvalue weighted by atomic mass is 10.1. The van der Waals surface area contributed by atoms with Gasteiger partial charge in [0, 0.05) is 5.69 Å². The molecule has 2 N–H and O–H groups in total. The van der Waals surface area contributed by atoms with Crippen molar-refractivity contribution in [2.45, 2.75) is 13.3 Å². The van der Waals surface area contributed by atoms with Gasteiger partial charge in [0.1, 0.15) is 12.3 Å². The van der Waals surface area contributed by atoms with E-state index in [1.807, 2.05) is 25.1 Å². The number of carbonyl (C=O) groups excluding carboxylic acids is 3. The Morgan fingerprint density at radius 2 is 1.70 bits per heavy atom. The van der Waals surface area contributed by atoms with Crippen LogP contribution in [0.3, 0.4) is 0 Å². The Labute approximate surface area is 157 Å². The monoisotopic (exact) mass is 370 g/mol. The average molecular weight is 370 g/mol. The second kappa shape index (κ2) is 9.96. The molecule has 2 aromatic carbocycles. The number of carbonyl (C=O) groups is 3. The molecule has 0 saturated carbocycles. The smallest absolute Gasteiger partial charge is 0.325 e. The summed E-state index contributed by atoms with van der Waals surface area (Å²) in [6, 6.07) is 14.0. The molecule has 7 nitrogen and oxygen atoms in total. The fourth-order valence-corrected chi connectivity index (χ4v) is 2.41. The number of rotatable bonds is 8. The lowest BCUT2D eigenvalue weighted by Gasteiger charge is -2.11. The van der Waals surface area contributed by atoms with Crippen molar-refractivity contribution < 1.29 is 23.9 Å². The van der Waals surface area contributed by atoms with Crippen molar-refractivity contribution in [2.24, 2.45) is 0 Å². The molecule has 27 heavy (non-hydrogen) atoms. The van der Waals surface area contributed by atoms with E-state index in [0.29, 0.717) is 17.0 Å². The summed E-state index contributed by atoms with van der Waals surface area (Å²) in [6.07, 6.45) is 0.769. The van der Waals surface area contributed by atoms with Gasteiger partial charge in [-0.1, -0.05) is 37.3 Å². The van der Waals surface area contributed by atoms with Crippen molar-refractivity contribution in [3.8, 4) is 5.75 Å². The molecule has 0 heterocycles. The van der Waals surface area contributed by atoms with Crippen LogP contribution < -0.4 is 15.4 Å². The third-order valence-electron chi connectivity index (χ3n) is 3.78. The first-order chi connectivity index (χ1) is 13.0. The van der Waals surface area contributed by atoms with Gasteiger partial charge in [0.05, 0.1) is 12.7 Å². The fraction of sp³-hybridized carbons (Fsp3) is 0.250. The second-order valence-corrected chi connectivity index (χ2v) is 5.60. The highest BCUT2D eigenvalue weighted by Gasteiger charge is 2.14. The molecular formula is C20H22N2O5. The van der Waals surface area contributed by atoms with E-state index >= 15 is 0 Å². The van der Waals surface area contributed by atoms with E-state index in [-0.39, 0.29) is 6.54 Å². The molecule has 2 amide bonds. The molecule has 0 fully saturated rings. The zero-order valence-electron chi connectivity index (χ0n) is 15.3. The van der Waals surface area contributed by atoms with Gasteiger partial charge in [-0.15, -0.1) is 0 Å². The summed E-state index contributed by atoms with van der Waals surface area (Å²) in [6.45, 7) is 1.20. The summed E-state index contributed by atoms with van der Waals surface area (Å²) < 4.78 is 9.99. The van der Waals surface area contributed by atoms with E-state index < -0.39 is 24.4 Å². The molecule has 0 bridgehead atoms. The zero-order chi connectivity index (χ0) is 19.6. The molecule has 2 aromatic rings. The molecule has 0 unspecified atom stereocenters. The number of para-hydroxylation sites is 2. The van der Waals surface area contributed by atoms with Crippen LogP contribution in [0.15, 0.2) is 48.5 Å². The lowest BCUT2D eigenvalue weighted by molar-refractivity contribution is -0.146. The van der Waals surface area contributed by atoms with Gasteiger partial charge in [0.15, 0.2) is 6.61 Å². The molecule has 142 valence electrons. The van der Waals surface area contributed by atoms with Crippen LogP contribution in [0.5, 0.6) is 5.75 Å². The minimum absolute atomic E-state index is 0.307. The number of amides is 2. The van der Waals surface area contributed by atoms with Gasteiger partial charge in [-0.05, 0) is 30.2 Å². The summed E-state index contributed by atoms with van der Waals surface area (Å²) in [5.41, 5.74) is 1.98. The van der Waals surface area contributed by atoms with Gasteiger partial charge >= 0.3 is 5.97 Å². The van der Waals surface area contributed by atoms with Crippen LogP contribution in [0, 0.1) is 0 Å². The third-order valence-corrected chi connectivity index (χ3v) is 3.78. The Morgan fingerprint density at radius 1 is 1.00 bits per heavy atom. The maximum absolute atomic E-state index is 12.1. The molecule has 0 radical (unpaired) electrons. The SMILES string of the molecule is CCc1ccccc1NC(=O)COC(=O)CNC(=O)c1ccccc1OC. The number of benzene rings is 2. The summed E-state index contributed by atoms with van der Waals surface area (Å²) in [5.74, 6) is -1.22. The molecule has 7 heteroatoms. The van der Waals surface area contributed by atoms with E-state index in [4.69, 9.17) is 9.47 Å². The normalized spacial score (nSPS) is 10.0. The fourth-order valence-electron chi connectivity index (χ4n) is 2.41. The van der Waals surface area contributed by atoms with E-state index in [2.05, 4.69) is 10.6 Å². The Morgan fingerprint density at radius 3 is 2.44 bits per heavy atom. The zero-order valence-corrected chi connectivity index (χ0v) is 15.3. The highest BCUT2D eigenvalue weighted by atomic mass is 16.5. The van der Waals surface area contributed by atoms with Crippen LogP contribution in [-0.4, -0.2) is 38.0 Å². The van der Waals surface area contributed by atoms with Gasteiger partial charge in [-0.2, -0.15) is 0 Å². The quantitative estimate of drug-likeness (QED) is 0.695. The Balaban J connectivity index is 1.79. The summed E-state index contributed by atoms with van der Waals surface area (Å²) >= 11 is 0. The van der Waals surface area contributed by atoms with Crippen molar-refractivity contribution in [3.63, 3.8) is 0 Å². The highest BCUT2D eigenvalue weighted by molar-refractivity contribution is 5.98. The number of esters is 1. The minimum atomic E-state index is -0.711. The van der Waals surface area contributed by atoms with Crippen LogP contribution in [0.4, 0.5) is 5.69 Å². The maximum atomic E-state index is 12.1. The van der Waals surface area contributed by atoms with Gasteiger partial charge < -0.3 is 20.1 Å². The second-order valence-electron chi connectivity index (χ2n) is 5.60. The predicted molar refractivity (Wildman–Crippen MR) is 101 cm³/mol. The molecule has 2 rings (SSSR count). The van der Waals surface area contributed by atoms with Gasteiger partial charge in [0.25, 0.3) is 11.8 Å². The number of anilines is 1. The van der Waals surface area contributed by atoms with Crippen molar-refractivity contribution in [3.05, 3.63) is 59.7 Å². The highest BCUT2D eigenvalue weighted by Crippen LogP contribution is 2.17. The van der Waals surface area contributed by atoms with E-state index in [0.717, 1.165) is 12.0 Å². The van der Waals surface area contributed by atoms with Crippen LogP contribution in [0.1, 0.15) is 22.8 Å². The first-order valence-corrected chi connectivity index (χ1v) is 8.49. The third kappa shape index (κ3) is 5.85. The van der Waals surface area contributed by atoms with Crippen molar-refractivity contribution in [1.82, 2.24) is 5.32 Å². The Bertz CT molecular complexity index is 820. The minimum Gasteiger partial charge on any atom is -0.496 e. The van der Waals surface area contributed by atoms with E-state index in [1.54, 1.807) is 30.3 Å². The Hall–Kier alpha value is -3.35. The molecule has 0 aliphatic heterocycles. The molecule has 0 spiro atoms. The Kier molecular flexibility index (Phi) is 7.37. The molecule has 0 atom stereocenters. The summed E-state index contributed by atoms with van der Waals surface area (Å²) in [4.78, 5) is 35.8. The summed E-state index contributed by atoms with van der Waals surface area (Å²) in [7, 11) is 1.45. The van der Waals surface area contributed by atoms with Gasteiger partial charge in [0.2, 0.25) is 0 Å². The molecular weight excluding hydrogens is 348 g/mol. The first kappa shape index (κ1) is 20.0. The van der Waals surface area contributed by atoms with Crippen LogP contribution in [0.25, 0.3) is 0 Å². The molecule has 0 aliphatic carbocycles. The number of hydrogen-bond donors (Lipinski definition) is 2. The molecule has 0 aromatic heterocycles. The largest absolute Gasteiger partial charge is 0.496 e. The lowest BCUT2D eigenvalue weighted by Crippen LogP contribution is -2.32. The van der Waals surface area contributed by atoms with Crippen LogP contribution in [-0.2, 0) is 20.7 Å². The van der Waals surface area contributed by atoms with Gasteiger partial charge in [-0.3, -0.25) is 14.4 Å². The van der Waals surface area contributed by atoms with Crippen molar-refractivity contribution in [1.29, 1.82) is 0 Å². The van der Waals surface area contributed by atoms with Gasteiger partial charge in [-0.25, -0.2) is 0 Å². The van der Waals surface area contributed by atoms with Crippen molar-refractivity contribution in [2.75, 3.05) is 25.6 Å². The van der Waals surface area contributed by atoms with Crippen LogP contribution in [0.2, 0.25) is 0 Å².